The number of fused-ring (bicyclic) bond motifs is 3. The van der Waals surface area contributed by atoms with Crippen molar-refractivity contribution in [1.82, 2.24) is 15.1 Å². The SMILES string of the molecule is CC1CNCC(C)CN(C2CN3CCC2CC3)C1. The van der Waals surface area contributed by atoms with Crippen LogP contribution in [0.15, 0.2) is 0 Å². The molecule has 0 radical (unpaired) electrons. The molecule has 4 heterocycles. The zero-order valence-electron chi connectivity index (χ0n) is 12.1. The molecule has 0 aromatic heterocycles. The van der Waals surface area contributed by atoms with Gasteiger partial charge >= 0.3 is 0 Å². The molecule has 4 aliphatic heterocycles. The monoisotopic (exact) mass is 251 g/mol. The summed E-state index contributed by atoms with van der Waals surface area (Å²) in [6.07, 6.45) is 2.89. The molecule has 0 aliphatic carbocycles. The highest BCUT2D eigenvalue weighted by Crippen LogP contribution is 2.31. The second kappa shape index (κ2) is 5.48. The van der Waals surface area contributed by atoms with Crippen LogP contribution >= 0.6 is 0 Å². The Morgan fingerprint density at radius 1 is 0.889 bits per heavy atom. The molecule has 3 unspecified atom stereocenters. The van der Waals surface area contributed by atoms with Gasteiger partial charge in [-0.2, -0.15) is 0 Å². The lowest BCUT2D eigenvalue weighted by Crippen LogP contribution is -2.59. The highest BCUT2D eigenvalue weighted by Gasteiger charge is 2.38. The molecule has 0 amide bonds. The van der Waals surface area contributed by atoms with Gasteiger partial charge < -0.3 is 10.2 Å². The molecule has 18 heavy (non-hydrogen) atoms. The van der Waals surface area contributed by atoms with Gasteiger partial charge in [-0.15, -0.1) is 0 Å². The van der Waals surface area contributed by atoms with Crippen molar-refractivity contribution in [3.05, 3.63) is 0 Å². The predicted octanol–water partition coefficient (Wildman–Crippen LogP) is 1.26. The van der Waals surface area contributed by atoms with Crippen molar-refractivity contribution in [1.29, 1.82) is 0 Å². The van der Waals surface area contributed by atoms with Gasteiger partial charge in [0.05, 0.1) is 0 Å². The summed E-state index contributed by atoms with van der Waals surface area (Å²) in [5, 5.41) is 3.61. The summed E-state index contributed by atoms with van der Waals surface area (Å²) < 4.78 is 0. The van der Waals surface area contributed by atoms with E-state index >= 15 is 0 Å². The number of hydrogen-bond acceptors (Lipinski definition) is 3. The normalized spacial score (nSPS) is 46.7. The fraction of sp³-hybridized carbons (Fsp3) is 1.00. The third-order valence-corrected chi connectivity index (χ3v) is 5.17. The van der Waals surface area contributed by atoms with Gasteiger partial charge in [0.25, 0.3) is 0 Å². The summed E-state index contributed by atoms with van der Waals surface area (Å²) >= 11 is 0. The van der Waals surface area contributed by atoms with Crippen LogP contribution in [0, 0.1) is 17.8 Å². The molecular formula is C15H29N3. The van der Waals surface area contributed by atoms with Gasteiger partial charge in [-0.3, -0.25) is 4.90 Å². The minimum Gasteiger partial charge on any atom is -0.316 e. The molecule has 3 nitrogen and oxygen atoms in total. The number of hydrogen-bond donors (Lipinski definition) is 1. The van der Waals surface area contributed by atoms with Gasteiger partial charge in [0.15, 0.2) is 0 Å². The van der Waals surface area contributed by atoms with Crippen LogP contribution in [-0.2, 0) is 0 Å². The molecule has 2 bridgehead atoms. The lowest BCUT2D eigenvalue weighted by Gasteiger charge is -2.50. The number of nitrogens with zero attached hydrogens (tertiary/aromatic N) is 2. The molecular weight excluding hydrogens is 222 g/mol. The zero-order valence-corrected chi connectivity index (χ0v) is 12.1. The molecule has 0 spiro atoms. The maximum atomic E-state index is 3.61. The summed E-state index contributed by atoms with van der Waals surface area (Å²) in [6, 6.07) is 0.857. The van der Waals surface area contributed by atoms with Crippen molar-refractivity contribution < 1.29 is 0 Å². The molecule has 0 aromatic carbocycles. The maximum Gasteiger partial charge on any atom is 0.0252 e. The van der Waals surface area contributed by atoms with E-state index in [4.69, 9.17) is 0 Å². The van der Waals surface area contributed by atoms with E-state index in [1.807, 2.05) is 0 Å². The van der Waals surface area contributed by atoms with Crippen LogP contribution in [0.1, 0.15) is 26.7 Å². The Labute approximate surface area is 112 Å². The lowest BCUT2D eigenvalue weighted by atomic mass is 9.82. The largest absolute Gasteiger partial charge is 0.316 e. The third kappa shape index (κ3) is 2.73. The Morgan fingerprint density at radius 2 is 1.50 bits per heavy atom. The summed E-state index contributed by atoms with van der Waals surface area (Å²) in [5.41, 5.74) is 0. The first-order valence-corrected chi connectivity index (χ1v) is 7.89. The van der Waals surface area contributed by atoms with E-state index in [1.54, 1.807) is 0 Å². The van der Waals surface area contributed by atoms with Gasteiger partial charge in [0.1, 0.15) is 0 Å². The highest BCUT2D eigenvalue weighted by molar-refractivity contribution is 4.93. The van der Waals surface area contributed by atoms with Crippen LogP contribution in [0.2, 0.25) is 0 Å². The van der Waals surface area contributed by atoms with Crippen LogP contribution in [0.25, 0.3) is 0 Å². The average molecular weight is 251 g/mol. The van der Waals surface area contributed by atoms with Crippen LogP contribution in [0.3, 0.4) is 0 Å². The molecule has 3 heteroatoms. The van der Waals surface area contributed by atoms with E-state index in [-0.39, 0.29) is 0 Å². The molecule has 0 aromatic rings. The van der Waals surface area contributed by atoms with Crippen LogP contribution in [0.5, 0.6) is 0 Å². The summed E-state index contributed by atoms with van der Waals surface area (Å²) in [4.78, 5) is 5.53. The first kappa shape index (κ1) is 12.9. The Bertz CT molecular complexity index is 261. The van der Waals surface area contributed by atoms with E-state index in [0.29, 0.717) is 0 Å². The molecule has 4 aliphatic rings. The summed E-state index contributed by atoms with van der Waals surface area (Å²) in [6.45, 7) is 13.9. The zero-order chi connectivity index (χ0) is 12.5. The quantitative estimate of drug-likeness (QED) is 0.757. The fourth-order valence-electron chi connectivity index (χ4n) is 4.20. The van der Waals surface area contributed by atoms with E-state index in [1.165, 1.54) is 58.7 Å². The summed E-state index contributed by atoms with van der Waals surface area (Å²) in [7, 11) is 0. The predicted molar refractivity (Wildman–Crippen MR) is 75.7 cm³/mol. The van der Waals surface area contributed by atoms with Gasteiger partial charge in [0, 0.05) is 25.7 Å². The minimum atomic E-state index is 0.799. The first-order valence-electron chi connectivity index (χ1n) is 7.89. The molecule has 0 saturated carbocycles. The second-order valence-corrected chi connectivity index (χ2v) is 7.03. The topological polar surface area (TPSA) is 18.5 Å². The number of piperidine rings is 3. The molecule has 104 valence electrons. The first-order chi connectivity index (χ1) is 8.72. The Hall–Kier alpha value is -0.120. The van der Waals surface area contributed by atoms with Crippen molar-refractivity contribution in [2.45, 2.75) is 32.7 Å². The van der Waals surface area contributed by atoms with Crippen molar-refractivity contribution in [3.63, 3.8) is 0 Å². The summed E-state index contributed by atoms with van der Waals surface area (Å²) in [5.74, 6) is 2.59. The highest BCUT2D eigenvalue weighted by atomic mass is 15.3. The number of nitrogens with one attached hydrogen (secondary N) is 1. The molecule has 4 fully saturated rings. The Morgan fingerprint density at radius 3 is 2.00 bits per heavy atom. The molecule has 4 saturated heterocycles. The van der Waals surface area contributed by atoms with Gasteiger partial charge in [-0.25, -0.2) is 0 Å². The lowest BCUT2D eigenvalue weighted by molar-refractivity contribution is -0.00873. The van der Waals surface area contributed by atoms with Crippen molar-refractivity contribution in [2.24, 2.45) is 17.8 Å². The van der Waals surface area contributed by atoms with E-state index in [2.05, 4.69) is 29.0 Å². The molecule has 3 atom stereocenters. The fourth-order valence-corrected chi connectivity index (χ4v) is 4.20. The van der Waals surface area contributed by atoms with Crippen molar-refractivity contribution in [3.8, 4) is 0 Å². The standard InChI is InChI=1S/C15H29N3/c1-12-7-16-8-13(2)10-18(9-12)15-11-17-5-3-14(15)4-6-17/h12-16H,3-11H2,1-2H3. The van der Waals surface area contributed by atoms with Crippen molar-refractivity contribution >= 4 is 0 Å². The molecule has 4 rings (SSSR count). The Kier molecular flexibility index (Phi) is 3.92. The second-order valence-electron chi connectivity index (χ2n) is 7.03. The van der Waals surface area contributed by atoms with Crippen LogP contribution in [0.4, 0.5) is 0 Å². The smallest absolute Gasteiger partial charge is 0.0252 e. The minimum absolute atomic E-state index is 0.799. The van der Waals surface area contributed by atoms with Gasteiger partial charge in [0.2, 0.25) is 0 Å². The van der Waals surface area contributed by atoms with E-state index < -0.39 is 0 Å². The van der Waals surface area contributed by atoms with Crippen molar-refractivity contribution in [2.75, 3.05) is 45.8 Å². The van der Waals surface area contributed by atoms with E-state index in [0.717, 1.165) is 23.8 Å². The molecule has 1 N–H and O–H groups in total. The number of rotatable bonds is 1. The van der Waals surface area contributed by atoms with Gasteiger partial charge in [-0.05, 0) is 56.8 Å². The average Bonchev–Trinajstić information content (AvgIpc) is 2.37. The Balaban J connectivity index is 1.68. The van der Waals surface area contributed by atoms with E-state index in [9.17, 15) is 0 Å². The maximum absolute atomic E-state index is 3.61. The van der Waals surface area contributed by atoms with Crippen LogP contribution in [-0.4, -0.2) is 61.7 Å². The third-order valence-electron chi connectivity index (χ3n) is 5.17. The van der Waals surface area contributed by atoms with Crippen LogP contribution < -0.4 is 5.32 Å². The van der Waals surface area contributed by atoms with Gasteiger partial charge in [-0.1, -0.05) is 13.8 Å².